The number of likely N-dealkylation sites (tertiary alicyclic amines) is 2. The van der Waals surface area contributed by atoms with Gasteiger partial charge in [0, 0.05) is 31.1 Å². The van der Waals surface area contributed by atoms with Crippen molar-refractivity contribution in [2.75, 3.05) is 27.2 Å². The highest BCUT2D eigenvalue weighted by Gasteiger charge is 2.39. The summed E-state index contributed by atoms with van der Waals surface area (Å²) < 4.78 is 5.08. The van der Waals surface area contributed by atoms with Gasteiger partial charge in [-0.25, -0.2) is 4.98 Å². The first-order chi connectivity index (χ1) is 10.2. The van der Waals surface area contributed by atoms with E-state index in [2.05, 4.69) is 21.8 Å². The van der Waals surface area contributed by atoms with E-state index in [0.29, 0.717) is 24.4 Å². The van der Waals surface area contributed by atoms with Gasteiger partial charge in [-0.2, -0.15) is 0 Å². The molecule has 116 valence electrons. The van der Waals surface area contributed by atoms with Gasteiger partial charge in [-0.3, -0.25) is 4.79 Å². The Bertz CT molecular complexity index is 505. The molecule has 2 aliphatic rings. The van der Waals surface area contributed by atoms with Crippen LogP contribution in [0.5, 0.6) is 0 Å². The molecule has 0 spiro atoms. The number of hydrogen-bond donors (Lipinski definition) is 0. The molecule has 1 amide bonds. The van der Waals surface area contributed by atoms with Gasteiger partial charge in [-0.05, 0) is 39.3 Å². The van der Waals surface area contributed by atoms with E-state index in [9.17, 15) is 4.79 Å². The fourth-order valence-corrected chi connectivity index (χ4v) is 4.35. The van der Waals surface area contributed by atoms with E-state index < -0.39 is 0 Å². The number of nitrogens with zero attached hydrogens (tertiary/aromatic N) is 3. The van der Waals surface area contributed by atoms with Crippen LogP contribution >= 0.6 is 11.3 Å². The molecule has 2 saturated heterocycles. The van der Waals surface area contributed by atoms with Crippen LogP contribution in [-0.2, 0) is 11.3 Å². The molecule has 0 saturated carbocycles. The van der Waals surface area contributed by atoms with Crippen molar-refractivity contribution in [3.05, 3.63) is 16.1 Å². The Morgan fingerprint density at radius 3 is 2.86 bits per heavy atom. The maximum Gasteiger partial charge on any atom is 0.273 e. The van der Waals surface area contributed by atoms with Gasteiger partial charge in [0.05, 0.1) is 6.61 Å². The van der Waals surface area contributed by atoms with Crippen LogP contribution in [0.2, 0.25) is 0 Å². The molecule has 3 heterocycles. The van der Waals surface area contributed by atoms with Crippen LogP contribution in [-0.4, -0.2) is 60.0 Å². The molecule has 0 aromatic carbocycles. The lowest BCUT2D eigenvalue weighted by Gasteiger charge is -2.32. The molecule has 3 rings (SSSR count). The third-order valence-corrected chi connectivity index (χ3v) is 5.44. The number of amides is 1. The van der Waals surface area contributed by atoms with E-state index in [1.54, 1.807) is 7.11 Å². The minimum absolute atomic E-state index is 0.0939. The molecule has 1 aromatic rings. The third-order valence-electron chi connectivity index (χ3n) is 4.62. The minimum atomic E-state index is 0.0939. The Kier molecular flexibility index (Phi) is 4.57. The molecule has 21 heavy (non-hydrogen) atoms. The molecule has 2 aliphatic heterocycles. The molecule has 2 atom stereocenters. The van der Waals surface area contributed by atoms with Crippen molar-refractivity contribution in [2.24, 2.45) is 0 Å². The van der Waals surface area contributed by atoms with E-state index in [4.69, 9.17) is 4.74 Å². The van der Waals surface area contributed by atoms with Crippen molar-refractivity contribution in [2.45, 2.75) is 44.4 Å². The second kappa shape index (κ2) is 6.42. The quantitative estimate of drug-likeness (QED) is 0.853. The van der Waals surface area contributed by atoms with Crippen LogP contribution in [0.4, 0.5) is 0 Å². The number of likely N-dealkylation sites (N-methyl/N-ethyl adjacent to an activating group) is 1. The summed E-state index contributed by atoms with van der Waals surface area (Å²) in [7, 11) is 3.83. The summed E-state index contributed by atoms with van der Waals surface area (Å²) in [4.78, 5) is 21.6. The average molecular weight is 309 g/mol. The zero-order chi connectivity index (χ0) is 14.8. The normalized spacial score (nSPS) is 26.7. The maximum absolute atomic E-state index is 12.7. The standard InChI is InChI=1S/C15H23N3O2S/c1-17-7-3-5-12(17)13-6-4-8-18(13)15(19)11-10-21-14(16-11)9-20-2/h10,12-13H,3-9H2,1-2H3/t12-,13+/m0/s1. The van der Waals surface area contributed by atoms with Gasteiger partial charge in [-0.1, -0.05) is 0 Å². The molecular weight excluding hydrogens is 286 g/mol. The van der Waals surface area contributed by atoms with Crippen LogP contribution in [0, 0.1) is 0 Å². The SMILES string of the molecule is COCc1nc(C(=O)N2CCC[C@@H]2[C@@H]2CCCN2C)cs1. The first-order valence-corrected chi connectivity index (χ1v) is 8.53. The number of hydrogen-bond acceptors (Lipinski definition) is 5. The van der Waals surface area contributed by atoms with Gasteiger partial charge in [0.15, 0.2) is 0 Å². The number of aromatic nitrogens is 1. The van der Waals surface area contributed by atoms with Gasteiger partial charge in [0.25, 0.3) is 5.91 Å². The lowest BCUT2D eigenvalue weighted by molar-refractivity contribution is 0.0658. The van der Waals surface area contributed by atoms with Gasteiger partial charge in [-0.15, -0.1) is 11.3 Å². The molecule has 0 N–H and O–H groups in total. The van der Waals surface area contributed by atoms with Crippen molar-refractivity contribution in [1.82, 2.24) is 14.8 Å². The number of rotatable bonds is 4. The minimum Gasteiger partial charge on any atom is -0.378 e. The molecule has 0 unspecified atom stereocenters. The van der Waals surface area contributed by atoms with E-state index in [1.807, 2.05) is 5.38 Å². The van der Waals surface area contributed by atoms with E-state index >= 15 is 0 Å². The highest BCUT2D eigenvalue weighted by molar-refractivity contribution is 7.09. The first-order valence-electron chi connectivity index (χ1n) is 7.65. The maximum atomic E-state index is 12.7. The third kappa shape index (κ3) is 2.98. The number of thiazole rings is 1. The largest absolute Gasteiger partial charge is 0.378 e. The summed E-state index contributed by atoms with van der Waals surface area (Å²) >= 11 is 1.50. The van der Waals surface area contributed by atoms with Crippen LogP contribution in [0.3, 0.4) is 0 Å². The highest BCUT2D eigenvalue weighted by Crippen LogP contribution is 2.30. The summed E-state index contributed by atoms with van der Waals surface area (Å²) in [5.41, 5.74) is 0.583. The van der Waals surface area contributed by atoms with Crippen molar-refractivity contribution < 1.29 is 9.53 Å². The second-order valence-corrected chi connectivity index (χ2v) is 6.90. The predicted molar refractivity (Wildman–Crippen MR) is 82.5 cm³/mol. The Morgan fingerprint density at radius 1 is 1.38 bits per heavy atom. The zero-order valence-electron chi connectivity index (χ0n) is 12.7. The van der Waals surface area contributed by atoms with E-state index in [1.165, 1.54) is 24.2 Å². The van der Waals surface area contributed by atoms with Crippen molar-refractivity contribution in [3.63, 3.8) is 0 Å². The fourth-order valence-electron chi connectivity index (χ4n) is 3.61. The average Bonchev–Trinajstić information content (AvgIpc) is 3.17. The zero-order valence-corrected chi connectivity index (χ0v) is 13.6. The van der Waals surface area contributed by atoms with Crippen LogP contribution in [0.15, 0.2) is 5.38 Å². The Hall–Kier alpha value is -0.980. The van der Waals surface area contributed by atoms with Gasteiger partial charge < -0.3 is 14.5 Å². The molecule has 0 radical (unpaired) electrons. The topological polar surface area (TPSA) is 45.7 Å². The van der Waals surface area contributed by atoms with Gasteiger partial charge in [0.1, 0.15) is 10.7 Å². The van der Waals surface area contributed by atoms with E-state index in [0.717, 1.165) is 30.9 Å². The molecule has 6 heteroatoms. The lowest BCUT2D eigenvalue weighted by atomic mass is 10.0. The van der Waals surface area contributed by atoms with Crippen LogP contribution < -0.4 is 0 Å². The number of carbonyl (C=O) groups excluding carboxylic acids is 1. The van der Waals surface area contributed by atoms with Crippen molar-refractivity contribution in [1.29, 1.82) is 0 Å². The van der Waals surface area contributed by atoms with E-state index in [-0.39, 0.29) is 5.91 Å². The molecule has 1 aromatic heterocycles. The lowest BCUT2D eigenvalue weighted by Crippen LogP contribution is -2.47. The Balaban J connectivity index is 1.73. The summed E-state index contributed by atoms with van der Waals surface area (Å²) in [6, 6.07) is 0.881. The number of carbonyl (C=O) groups is 1. The Morgan fingerprint density at radius 2 is 2.14 bits per heavy atom. The van der Waals surface area contributed by atoms with Gasteiger partial charge in [0.2, 0.25) is 0 Å². The Labute approximate surface area is 129 Å². The summed E-state index contributed by atoms with van der Waals surface area (Å²) in [6.07, 6.45) is 4.68. The number of methoxy groups -OCH3 is 1. The molecular formula is C15H23N3O2S. The molecule has 0 aliphatic carbocycles. The smallest absolute Gasteiger partial charge is 0.273 e. The summed E-state index contributed by atoms with van der Waals surface area (Å²) in [5.74, 6) is 0.0939. The monoisotopic (exact) mass is 309 g/mol. The van der Waals surface area contributed by atoms with Crippen molar-refractivity contribution in [3.8, 4) is 0 Å². The van der Waals surface area contributed by atoms with Crippen LogP contribution in [0.25, 0.3) is 0 Å². The molecule has 5 nitrogen and oxygen atoms in total. The highest BCUT2D eigenvalue weighted by atomic mass is 32.1. The molecule has 2 fully saturated rings. The second-order valence-electron chi connectivity index (χ2n) is 5.96. The predicted octanol–water partition coefficient (Wildman–Crippen LogP) is 1.99. The fraction of sp³-hybridized carbons (Fsp3) is 0.733. The van der Waals surface area contributed by atoms with Crippen LogP contribution in [0.1, 0.15) is 41.2 Å². The number of ether oxygens (including phenoxy) is 1. The summed E-state index contributed by atoms with van der Waals surface area (Å²) in [5, 5.41) is 2.74. The van der Waals surface area contributed by atoms with Gasteiger partial charge >= 0.3 is 0 Å². The molecule has 0 bridgehead atoms. The first kappa shape index (κ1) is 14.9. The van der Waals surface area contributed by atoms with Crippen molar-refractivity contribution >= 4 is 17.2 Å². The summed E-state index contributed by atoms with van der Waals surface area (Å²) in [6.45, 7) is 2.50.